The minimum Gasteiger partial charge on any atom is -0.465 e. The van der Waals surface area contributed by atoms with Crippen molar-refractivity contribution in [2.75, 3.05) is 13.2 Å². The summed E-state index contributed by atoms with van der Waals surface area (Å²) in [5.41, 5.74) is 0. The number of rotatable bonds is 9. The first-order chi connectivity index (χ1) is 14.0. The monoisotopic (exact) mass is 408 g/mol. The van der Waals surface area contributed by atoms with E-state index in [0.29, 0.717) is 49.5 Å². The SMILES string of the molecule is CC(CCC1OC1C)C(=O)OCC1CCC(COC(=O)C2CCC3OC3C2)CC1. The molecule has 2 heterocycles. The summed E-state index contributed by atoms with van der Waals surface area (Å²) >= 11 is 0. The van der Waals surface area contributed by atoms with Crippen molar-refractivity contribution >= 4 is 11.9 Å². The van der Waals surface area contributed by atoms with E-state index in [4.69, 9.17) is 18.9 Å². The second kappa shape index (κ2) is 9.34. The summed E-state index contributed by atoms with van der Waals surface area (Å²) in [5, 5.41) is 0. The summed E-state index contributed by atoms with van der Waals surface area (Å²) in [7, 11) is 0. The molecule has 0 spiro atoms. The third-order valence-corrected chi connectivity index (χ3v) is 7.35. The fourth-order valence-corrected chi connectivity index (χ4v) is 4.91. The number of epoxide rings is 2. The molecular weight excluding hydrogens is 372 g/mol. The molecule has 2 aliphatic carbocycles. The summed E-state index contributed by atoms with van der Waals surface area (Å²) in [6.07, 6.45) is 10.1. The van der Waals surface area contributed by atoms with Gasteiger partial charge in [-0.05, 0) is 76.5 Å². The summed E-state index contributed by atoms with van der Waals surface area (Å²) in [6.45, 7) is 5.08. The Morgan fingerprint density at radius 1 is 0.931 bits per heavy atom. The van der Waals surface area contributed by atoms with E-state index < -0.39 is 0 Å². The Hall–Kier alpha value is -1.14. The second-order valence-corrected chi connectivity index (χ2v) is 9.73. The van der Waals surface area contributed by atoms with Crippen LogP contribution in [0.4, 0.5) is 0 Å². The van der Waals surface area contributed by atoms with Crippen molar-refractivity contribution in [3.8, 4) is 0 Å². The van der Waals surface area contributed by atoms with Gasteiger partial charge in [0, 0.05) is 0 Å². The van der Waals surface area contributed by atoms with Gasteiger partial charge in [-0.3, -0.25) is 9.59 Å². The maximum Gasteiger partial charge on any atom is 0.309 e. The molecule has 4 fully saturated rings. The lowest BCUT2D eigenvalue weighted by Gasteiger charge is -2.28. The van der Waals surface area contributed by atoms with E-state index >= 15 is 0 Å². The number of carbonyl (C=O) groups excluding carboxylic acids is 2. The number of carbonyl (C=O) groups is 2. The Kier molecular flexibility index (Phi) is 6.80. The normalized spacial score (nSPS) is 39.2. The molecular formula is C23H36O6. The van der Waals surface area contributed by atoms with E-state index in [1.165, 1.54) is 0 Å². The number of ether oxygens (including phenoxy) is 4. The van der Waals surface area contributed by atoms with Gasteiger partial charge in [0.25, 0.3) is 0 Å². The molecule has 0 aromatic rings. The zero-order valence-corrected chi connectivity index (χ0v) is 17.8. The van der Waals surface area contributed by atoms with Crippen LogP contribution in [0.25, 0.3) is 0 Å². The molecule has 0 aromatic carbocycles. The molecule has 4 rings (SSSR count). The zero-order chi connectivity index (χ0) is 20.4. The van der Waals surface area contributed by atoms with Gasteiger partial charge < -0.3 is 18.9 Å². The standard InChI is InChI=1S/C23H36O6/c1-14(3-9-19-15(2)28-19)22(24)26-12-16-4-6-17(7-5-16)13-27-23(25)18-8-10-20-21(11-18)29-20/h14-21H,3-13H2,1-2H3. The third kappa shape index (κ3) is 5.94. The highest BCUT2D eigenvalue weighted by molar-refractivity contribution is 5.73. The fraction of sp³-hybridized carbons (Fsp3) is 0.913. The van der Waals surface area contributed by atoms with Gasteiger partial charge in [-0.2, -0.15) is 0 Å². The highest BCUT2D eigenvalue weighted by atomic mass is 16.6. The molecule has 0 amide bonds. The average molecular weight is 409 g/mol. The van der Waals surface area contributed by atoms with Crippen LogP contribution in [0, 0.1) is 23.7 Å². The molecule has 164 valence electrons. The maximum atomic E-state index is 12.3. The van der Waals surface area contributed by atoms with Gasteiger partial charge in [0.2, 0.25) is 0 Å². The van der Waals surface area contributed by atoms with E-state index in [1.807, 2.05) is 6.92 Å². The molecule has 2 aliphatic heterocycles. The Labute approximate surface area is 174 Å². The van der Waals surface area contributed by atoms with Gasteiger partial charge in [0.1, 0.15) is 0 Å². The summed E-state index contributed by atoms with van der Waals surface area (Å²) in [6, 6.07) is 0. The smallest absolute Gasteiger partial charge is 0.309 e. The lowest BCUT2D eigenvalue weighted by atomic mass is 9.83. The summed E-state index contributed by atoms with van der Waals surface area (Å²) in [5.74, 6) is 0.745. The molecule has 0 N–H and O–H groups in total. The van der Waals surface area contributed by atoms with Crippen LogP contribution < -0.4 is 0 Å². The van der Waals surface area contributed by atoms with E-state index in [2.05, 4.69) is 6.92 Å². The topological polar surface area (TPSA) is 77.7 Å². The minimum absolute atomic E-state index is 0.0324. The fourth-order valence-electron chi connectivity index (χ4n) is 4.91. The average Bonchev–Trinajstić information content (AvgIpc) is 3.65. The molecule has 29 heavy (non-hydrogen) atoms. The van der Waals surface area contributed by atoms with Crippen molar-refractivity contribution in [1.82, 2.24) is 0 Å². The predicted octanol–water partition coefficient (Wildman–Crippen LogP) is 3.65. The molecule has 0 radical (unpaired) electrons. The Bertz CT molecular complexity index is 584. The van der Waals surface area contributed by atoms with Gasteiger partial charge >= 0.3 is 11.9 Å². The van der Waals surface area contributed by atoms with Crippen LogP contribution in [-0.4, -0.2) is 49.6 Å². The number of hydrogen-bond donors (Lipinski definition) is 0. The number of hydrogen-bond acceptors (Lipinski definition) is 6. The van der Waals surface area contributed by atoms with Crippen LogP contribution in [0.1, 0.15) is 71.6 Å². The van der Waals surface area contributed by atoms with Crippen LogP contribution in [0.5, 0.6) is 0 Å². The van der Waals surface area contributed by atoms with E-state index in [-0.39, 0.29) is 23.8 Å². The van der Waals surface area contributed by atoms with Gasteiger partial charge in [-0.25, -0.2) is 0 Å². The van der Waals surface area contributed by atoms with Crippen molar-refractivity contribution in [2.45, 2.75) is 96.1 Å². The molecule has 4 aliphatic rings. The maximum absolute atomic E-state index is 12.3. The lowest BCUT2D eigenvalue weighted by molar-refractivity contribution is -0.153. The van der Waals surface area contributed by atoms with Gasteiger partial charge in [0.05, 0.1) is 49.5 Å². The van der Waals surface area contributed by atoms with Crippen molar-refractivity contribution in [2.24, 2.45) is 23.7 Å². The van der Waals surface area contributed by atoms with Crippen molar-refractivity contribution in [3.63, 3.8) is 0 Å². The van der Waals surface area contributed by atoms with Crippen molar-refractivity contribution in [1.29, 1.82) is 0 Å². The van der Waals surface area contributed by atoms with Gasteiger partial charge in [-0.15, -0.1) is 0 Å². The molecule has 6 nitrogen and oxygen atoms in total. The first-order valence-electron chi connectivity index (χ1n) is 11.6. The summed E-state index contributed by atoms with van der Waals surface area (Å²) < 4.78 is 22.1. The number of fused-ring (bicyclic) bond motifs is 1. The third-order valence-electron chi connectivity index (χ3n) is 7.35. The second-order valence-electron chi connectivity index (χ2n) is 9.73. The molecule has 6 atom stereocenters. The van der Waals surface area contributed by atoms with Crippen LogP contribution in [0.3, 0.4) is 0 Å². The Morgan fingerprint density at radius 3 is 2.21 bits per heavy atom. The predicted molar refractivity (Wildman–Crippen MR) is 106 cm³/mol. The molecule has 0 bridgehead atoms. The van der Waals surface area contributed by atoms with Crippen LogP contribution in [0.15, 0.2) is 0 Å². The molecule has 2 saturated heterocycles. The highest BCUT2D eigenvalue weighted by Crippen LogP contribution is 2.40. The van der Waals surface area contributed by atoms with E-state index in [1.54, 1.807) is 0 Å². The number of esters is 2. The van der Waals surface area contributed by atoms with Crippen LogP contribution in [0.2, 0.25) is 0 Å². The summed E-state index contributed by atoms with van der Waals surface area (Å²) in [4.78, 5) is 24.5. The minimum atomic E-state index is -0.0799. The Morgan fingerprint density at radius 2 is 1.59 bits per heavy atom. The van der Waals surface area contributed by atoms with E-state index in [0.717, 1.165) is 57.8 Å². The molecule has 0 aromatic heterocycles. The van der Waals surface area contributed by atoms with Crippen LogP contribution >= 0.6 is 0 Å². The highest BCUT2D eigenvalue weighted by Gasteiger charge is 2.46. The van der Waals surface area contributed by atoms with Crippen molar-refractivity contribution in [3.05, 3.63) is 0 Å². The largest absolute Gasteiger partial charge is 0.465 e. The first kappa shape index (κ1) is 21.1. The molecule has 6 heteroatoms. The quantitative estimate of drug-likeness (QED) is 0.428. The lowest BCUT2D eigenvalue weighted by Crippen LogP contribution is -2.28. The molecule has 6 unspecified atom stereocenters. The Balaban J connectivity index is 1.06. The van der Waals surface area contributed by atoms with Crippen molar-refractivity contribution < 1.29 is 28.5 Å². The zero-order valence-electron chi connectivity index (χ0n) is 17.8. The van der Waals surface area contributed by atoms with Gasteiger partial charge in [-0.1, -0.05) is 6.92 Å². The first-order valence-corrected chi connectivity index (χ1v) is 11.6. The van der Waals surface area contributed by atoms with Gasteiger partial charge in [0.15, 0.2) is 0 Å². The molecule has 2 saturated carbocycles. The van der Waals surface area contributed by atoms with E-state index in [9.17, 15) is 9.59 Å². The van der Waals surface area contributed by atoms with Crippen LogP contribution in [-0.2, 0) is 28.5 Å².